The first-order chi connectivity index (χ1) is 13.0. The molecule has 27 heavy (non-hydrogen) atoms. The summed E-state index contributed by atoms with van der Waals surface area (Å²) in [6, 6.07) is 7.59. The molecule has 1 amide bonds. The number of aromatic amines is 1. The van der Waals surface area contributed by atoms with Crippen LogP contribution in [0.1, 0.15) is 29.1 Å². The first-order valence-electron chi connectivity index (χ1n) is 8.00. The number of ether oxygens (including phenoxy) is 1. The molecule has 0 radical (unpaired) electrons. The molecule has 1 atom stereocenters. The summed E-state index contributed by atoms with van der Waals surface area (Å²) in [5.74, 6) is 0.410. The average molecular weight is 430 g/mol. The molecule has 0 fully saturated rings. The highest BCUT2D eigenvalue weighted by molar-refractivity contribution is 9.10. The topological polar surface area (TPSA) is 110 Å². The minimum atomic E-state index is -0.546. The third kappa shape index (κ3) is 4.37. The number of nitrogens with zero attached hydrogens (tertiary/aromatic N) is 3. The Morgan fingerprint density at radius 3 is 2.78 bits per heavy atom. The van der Waals surface area contributed by atoms with Gasteiger partial charge in [-0.1, -0.05) is 15.9 Å². The van der Waals surface area contributed by atoms with Crippen molar-refractivity contribution in [3.63, 3.8) is 0 Å². The predicted molar refractivity (Wildman–Crippen MR) is 102 cm³/mol. The van der Waals surface area contributed by atoms with Crippen molar-refractivity contribution in [3.8, 4) is 17.1 Å². The van der Waals surface area contributed by atoms with Gasteiger partial charge in [0.05, 0.1) is 30.1 Å². The van der Waals surface area contributed by atoms with Crippen LogP contribution in [0.4, 0.5) is 0 Å². The number of amides is 1. The van der Waals surface area contributed by atoms with Crippen LogP contribution >= 0.6 is 15.9 Å². The summed E-state index contributed by atoms with van der Waals surface area (Å²) in [5, 5.41) is 2.82. The van der Waals surface area contributed by atoms with Crippen LogP contribution in [0.5, 0.6) is 5.75 Å². The van der Waals surface area contributed by atoms with E-state index in [2.05, 4.69) is 41.2 Å². The van der Waals surface area contributed by atoms with Gasteiger partial charge in [0.2, 0.25) is 0 Å². The van der Waals surface area contributed by atoms with Gasteiger partial charge in [0.1, 0.15) is 17.9 Å². The number of rotatable bonds is 5. The molecule has 0 spiro atoms. The Morgan fingerprint density at radius 2 is 2.07 bits per heavy atom. The first-order valence-corrected chi connectivity index (χ1v) is 8.79. The van der Waals surface area contributed by atoms with Crippen LogP contribution in [0.25, 0.3) is 11.4 Å². The van der Waals surface area contributed by atoms with E-state index in [4.69, 9.17) is 4.74 Å². The summed E-state index contributed by atoms with van der Waals surface area (Å²) in [4.78, 5) is 39.7. The molecule has 9 heteroatoms. The largest absolute Gasteiger partial charge is 0.496 e. The minimum Gasteiger partial charge on any atom is -0.496 e. The third-order valence-electron chi connectivity index (χ3n) is 3.77. The molecule has 1 unspecified atom stereocenters. The lowest BCUT2D eigenvalue weighted by atomic mass is 10.1. The van der Waals surface area contributed by atoms with Crippen LogP contribution in [-0.2, 0) is 0 Å². The van der Waals surface area contributed by atoms with Gasteiger partial charge in [0.15, 0.2) is 0 Å². The second kappa shape index (κ2) is 8.09. The van der Waals surface area contributed by atoms with E-state index in [1.165, 1.54) is 19.5 Å². The molecule has 0 saturated heterocycles. The lowest BCUT2D eigenvalue weighted by Crippen LogP contribution is -2.29. The van der Waals surface area contributed by atoms with E-state index >= 15 is 0 Å². The number of H-pyrrole nitrogens is 1. The lowest BCUT2D eigenvalue weighted by Gasteiger charge is -2.15. The van der Waals surface area contributed by atoms with E-state index in [0.29, 0.717) is 28.5 Å². The monoisotopic (exact) mass is 429 g/mol. The van der Waals surface area contributed by atoms with E-state index in [1.807, 2.05) is 0 Å². The molecular formula is C18H16BrN5O3. The summed E-state index contributed by atoms with van der Waals surface area (Å²) < 4.78 is 5.98. The Hall–Kier alpha value is -3.07. The maximum atomic E-state index is 12.6. The summed E-state index contributed by atoms with van der Waals surface area (Å²) in [6.45, 7) is 1.73. The zero-order chi connectivity index (χ0) is 19.4. The van der Waals surface area contributed by atoms with E-state index in [-0.39, 0.29) is 11.5 Å². The molecule has 0 aliphatic rings. The number of benzene rings is 1. The number of carbonyl (C=O) groups is 1. The van der Waals surface area contributed by atoms with Gasteiger partial charge in [0.25, 0.3) is 11.5 Å². The first kappa shape index (κ1) is 18.7. The lowest BCUT2D eigenvalue weighted by molar-refractivity contribution is 0.0935. The number of nitrogens with one attached hydrogen (secondary N) is 2. The minimum absolute atomic E-state index is 0.318. The van der Waals surface area contributed by atoms with Crippen molar-refractivity contribution >= 4 is 21.8 Å². The van der Waals surface area contributed by atoms with Crippen molar-refractivity contribution in [3.05, 3.63) is 69.1 Å². The van der Waals surface area contributed by atoms with Gasteiger partial charge in [-0.3, -0.25) is 9.59 Å². The highest BCUT2D eigenvalue weighted by Gasteiger charge is 2.18. The Labute approximate surface area is 163 Å². The van der Waals surface area contributed by atoms with Crippen molar-refractivity contribution in [1.29, 1.82) is 0 Å². The molecule has 0 saturated carbocycles. The van der Waals surface area contributed by atoms with E-state index < -0.39 is 6.04 Å². The van der Waals surface area contributed by atoms with E-state index in [0.717, 1.165) is 4.47 Å². The van der Waals surface area contributed by atoms with E-state index in [9.17, 15) is 9.59 Å². The van der Waals surface area contributed by atoms with Gasteiger partial charge in [-0.15, -0.1) is 0 Å². The molecule has 3 aromatic rings. The van der Waals surface area contributed by atoms with Crippen molar-refractivity contribution in [2.75, 3.05) is 7.11 Å². The summed E-state index contributed by atoms with van der Waals surface area (Å²) in [7, 11) is 1.49. The van der Waals surface area contributed by atoms with Crippen molar-refractivity contribution in [1.82, 2.24) is 25.3 Å². The highest BCUT2D eigenvalue weighted by atomic mass is 79.9. The second-order valence-electron chi connectivity index (χ2n) is 5.65. The molecule has 8 nitrogen and oxygen atoms in total. The van der Waals surface area contributed by atoms with Gasteiger partial charge >= 0.3 is 0 Å². The standard InChI is InChI=1S/C18H16BrN5O3/c1-10(22-18(26)12-7-11(19)3-4-15(12)27-2)17-23-14(8-16(25)24-17)13-5-6-20-9-21-13/h3-10H,1-2H3,(H,22,26)(H,23,24,25). The molecule has 2 N–H and O–H groups in total. The molecule has 138 valence electrons. The maximum absolute atomic E-state index is 12.6. The van der Waals surface area contributed by atoms with Crippen LogP contribution < -0.4 is 15.6 Å². The van der Waals surface area contributed by atoms with Crippen LogP contribution in [0.2, 0.25) is 0 Å². The van der Waals surface area contributed by atoms with Crippen molar-refractivity contribution in [2.45, 2.75) is 13.0 Å². The van der Waals surface area contributed by atoms with Crippen LogP contribution in [0.15, 0.2) is 52.1 Å². The Morgan fingerprint density at radius 1 is 1.26 bits per heavy atom. The third-order valence-corrected chi connectivity index (χ3v) is 4.26. The molecule has 0 bridgehead atoms. The molecule has 2 aromatic heterocycles. The van der Waals surface area contributed by atoms with Crippen LogP contribution in [0.3, 0.4) is 0 Å². The molecule has 3 rings (SSSR count). The zero-order valence-corrected chi connectivity index (χ0v) is 16.1. The van der Waals surface area contributed by atoms with Crippen molar-refractivity contribution in [2.24, 2.45) is 0 Å². The summed E-state index contributed by atoms with van der Waals surface area (Å²) >= 11 is 3.34. The normalized spacial score (nSPS) is 11.7. The fourth-order valence-corrected chi connectivity index (χ4v) is 2.82. The van der Waals surface area contributed by atoms with Crippen molar-refractivity contribution < 1.29 is 9.53 Å². The number of aromatic nitrogens is 4. The number of hydrogen-bond donors (Lipinski definition) is 2. The zero-order valence-electron chi connectivity index (χ0n) is 14.6. The van der Waals surface area contributed by atoms with Gasteiger partial charge in [-0.05, 0) is 31.2 Å². The molecule has 1 aromatic carbocycles. The van der Waals surface area contributed by atoms with Gasteiger partial charge in [-0.25, -0.2) is 15.0 Å². The maximum Gasteiger partial charge on any atom is 0.255 e. The fraction of sp³-hybridized carbons (Fsp3) is 0.167. The van der Waals surface area contributed by atoms with Crippen LogP contribution in [-0.4, -0.2) is 33.0 Å². The number of halogens is 1. The van der Waals surface area contributed by atoms with Crippen LogP contribution in [0, 0.1) is 0 Å². The molecule has 2 heterocycles. The second-order valence-corrected chi connectivity index (χ2v) is 6.57. The average Bonchev–Trinajstić information content (AvgIpc) is 2.68. The summed E-state index contributed by atoms with van der Waals surface area (Å²) in [5.41, 5.74) is 0.949. The Balaban J connectivity index is 1.87. The Kier molecular flexibility index (Phi) is 5.60. The number of hydrogen-bond acceptors (Lipinski definition) is 6. The fourth-order valence-electron chi connectivity index (χ4n) is 2.46. The van der Waals surface area contributed by atoms with Gasteiger partial charge in [-0.2, -0.15) is 0 Å². The Bertz CT molecular complexity index is 1020. The van der Waals surface area contributed by atoms with Gasteiger partial charge in [0, 0.05) is 16.7 Å². The van der Waals surface area contributed by atoms with E-state index in [1.54, 1.807) is 37.4 Å². The number of methoxy groups -OCH3 is 1. The summed E-state index contributed by atoms with van der Waals surface area (Å²) in [6.07, 6.45) is 2.94. The van der Waals surface area contributed by atoms with Gasteiger partial charge < -0.3 is 15.0 Å². The smallest absolute Gasteiger partial charge is 0.255 e. The molecule has 0 aliphatic heterocycles. The number of carbonyl (C=O) groups excluding carboxylic acids is 1. The molecular weight excluding hydrogens is 414 g/mol. The highest BCUT2D eigenvalue weighted by Crippen LogP contribution is 2.23. The molecule has 0 aliphatic carbocycles. The SMILES string of the molecule is COc1ccc(Br)cc1C(=O)NC(C)c1nc(-c2ccncn2)cc(=O)[nH]1. The quantitative estimate of drug-likeness (QED) is 0.644. The predicted octanol–water partition coefficient (Wildman–Crippen LogP) is 2.49.